The molecule has 0 bridgehead atoms. The Morgan fingerprint density at radius 3 is 2.65 bits per heavy atom. The topological polar surface area (TPSA) is 65.3 Å². The summed E-state index contributed by atoms with van der Waals surface area (Å²) in [6.45, 7) is 0. The number of ether oxygens (including phenoxy) is 1. The first kappa shape index (κ1) is 11.3. The Kier molecular flexibility index (Phi) is 3.20. The van der Waals surface area contributed by atoms with Crippen LogP contribution < -0.4 is 4.74 Å². The van der Waals surface area contributed by atoms with E-state index in [-0.39, 0.29) is 16.6 Å². The standard InChI is InChI=1S/C11H7ClN2O3/c12-8-6-10(14(15)16)11(13-7-8)17-9-4-2-1-3-5-9/h1-7H. The largest absolute Gasteiger partial charge is 0.434 e. The lowest BCUT2D eigenvalue weighted by Crippen LogP contribution is -1.95. The van der Waals surface area contributed by atoms with E-state index in [0.717, 1.165) is 0 Å². The van der Waals surface area contributed by atoms with Crippen molar-refractivity contribution in [2.75, 3.05) is 0 Å². The summed E-state index contributed by atoms with van der Waals surface area (Å²) in [4.78, 5) is 14.0. The summed E-state index contributed by atoms with van der Waals surface area (Å²) in [6.07, 6.45) is 1.30. The molecule has 2 aromatic rings. The summed E-state index contributed by atoms with van der Waals surface area (Å²) in [5.41, 5.74) is -0.263. The van der Waals surface area contributed by atoms with Gasteiger partial charge in [-0.25, -0.2) is 4.98 Å². The zero-order valence-corrected chi connectivity index (χ0v) is 9.29. The van der Waals surface area contributed by atoms with E-state index in [1.165, 1.54) is 12.3 Å². The van der Waals surface area contributed by atoms with Gasteiger partial charge in [-0.05, 0) is 12.1 Å². The predicted octanol–water partition coefficient (Wildman–Crippen LogP) is 3.44. The Labute approximate surface area is 102 Å². The minimum atomic E-state index is -0.586. The molecule has 5 nitrogen and oxygen atoms in total. The number of aromatic nitrogens is 1. The molecule has 0 aliphatic heterocycles. The number of hydrogen-bond donors (Lipinski definition) is 0. The molecule has 2 rings (SSSR count). The van der Waals surface area contributed by atoms with E-state index in [0.29, 0.717) is 5.75 Å². The number of halogens is 1. The van der Waals surface area contributed by atoms with E-state index in [2.05, 4.69) is 4.98 Å². The normalized spacial score (nSPS) is 9.94. The van der Waals surface area contributed by atoms with Gasteiger partial charge in [-0.15, -0.1) is 0 Å². The molecule has 0 N–H and O–H groups in total. The monoisotopic (exact) mass is 250 g/mol. The van der Waals surface area contributed by atoms with Crippen LogP contribution in [0.5, 0.6) is 11.6 Å². The second-order valence-corrected chi connectivity index (χ2v) is 3.59. The molecule has 86 valence electrons. The number of benzene rings is 1. The van der Waals surface area contributed by atoms with Crippen LogP contribution >= 0.6 is 11.6 Å². The fourth-order valence-electron chi connectivity index (χ4n) is 1.23. The molecule has 0 saturated carbocycles. The summed E-state index contributed by atoms with van der Waals surface area (Å²) in [7, 11) is 0. The third-order valence-corrected chi connectivity index (χ3v) is 2.16. The van der Waals surface area contributed by atoms with Crippen LogP contribution in [0.2, 0.25) is 5.02 Å². The number of nitro groups is 1. The SMILES string of the molecule is O=[N+]([O-])c1cc(Cl)cnc1Oc1ccccc1. The van der Waals surface area contributed by atoms with Crippen molar-refractivity contribution < 1.29 is 9.66 Å². The first-order valence-electron chi connectivity index (χ1n) is 4.69. The molecular weight excluding hydrogens is 244 g/mol. The van der Waals surface area contributed by atoms with Crippen LogP contribution in [-0.4, -0.2) is 9.91 Å². The summed E-state index contributed by atoms with van der Waals surface area (Å²) in [5.74, 6) is 0.399. The number of para-hydroxylation sites is 1. The summed E-state index contributed by atoms with van der Waals surface area (Å²) >= 11 is 5.64. The van der Waals surface area contributed by atoms with Crippen LogP contribution in [0.3, 0.4) is 0 Å². The molecule has 0 atom stereocenters. The maximum Gasteiger partial charge on any atom is 0.332 e. The quantitative estimate of drug-likeness (QED) is 0.618. The zero-order chi connectivity index (χ0) is 12.3. The van der Waals surface area contributed by atoms with Crippen molar-refractivity contribution in [3.05, 3.63) is 57.7 Å². The van der Waals surface area contributed by atoms with E-state index < -0.39 is 4.92 Å². The van der Waals surface area contributed by atoms with Gasteiger partial charge in [0.05, 0.1) is 16.1 Å². The second-order valence-electron chi connectivity index (χ2n) is 3.15. The van der Waals surface area contributed by atoms with Crippen LogP contribution in [0.1, 0.15) is 0 Å². The van der Waals surface area contributed by atoms with Crippen molar-refractivity contribution in [1.82, 2.24) is 4.98 Å². The highest BCUT2D eigenvalue weighted by atomic mass is 35.5. The molecule has 0 spiro atoms. The molecule has 0 radical (unpaired) electrons. The molecule has 1 heterocycles. The Bertz CT molecular complexity index is 546. The lowest BCUT2D eigenvalue weighted by Gasteiger charge is -2.04. The number of hydrogen-bond acceptors (Lipinski definition) is 4. The summed E-state index contributed by atoms with van der Waals surface area (Å²) in [6, 6.07) is 9.90. The minimum absolute atomic E-state index is 0.0781. The van der Waals surface area contributed by atoms with Gasteiger partial charge in [0, 0.05) is 6.07 Å². The summed E-state index contributed by atoms with van der Waals surface area (Å²) < 4.78 is 5.31. The van der Waals surface area contributed by atoms with Crippen LogP contribution in [0.15, 0.2) is 42.6 Å². The van der Waals surface area contributed by atoms with Gasteiger partial charge in [0.15, 0.2) is 0 Å². The molecule has 1 aromatic carbocycles. The van der Waals surface area contributed by atoms with Crippen molar-refractivity contribution in [3.8, 4) is 11.6 Å². The highest BCUT2D eigenvalue weighted by molar-refractivity contribution is 6.30. The average molecular weight is 251 g/mol. The fraction of sp³-hybridized carbons (Fsp3) is 0. The average Bonchev–Trinajstić information content (AvgIpc) is 2.32. The minimum Gasteiger partial charge on any atom is -0.434 e. The number of pyridine rings is 1. The molecule has 1 aromatic heterocycles. The molecule has 0 aliphatic carbocycles. The molecule has 0 amide bonds. The van der Waals surface area contributed by atoms with E-state index in [9.17, 15) is 10.1 Å². The van der Waals surface area contributed by atoms with E-state index >= 15 is 0 Å². The van der Waals surface area contributed by atoms with Crippen LogP contribution in [0.25, 0.3) is 0 Å². The second kappa shape index (κ2) is 4.80. The highest BCUT2D eigenvalue weighted by Gasteiger charge is 2.18. The number of rotatable bonds is 3. The Morgan fingerprint density at radius 2 is 2.00 bits per heavy atom. The smallest absolute Gasteiger partial charge is 0.332 e. The Morgan fingerprint density at radius 1 is 1.29 bits per heavy atom. The predicted molar refractivity (Wildman–Crippen MR) is 62.4 cm³/mol. The van der Waals surface area contributed by atoms with Gasteiger partial charge < -0.3 is 4.74 Å². The highest BCUT2D eigenvalue weighted by Crippen LogP contribution is 2.30. The van der Waals surface area contributed by atoms with Crippen molar-refractivity contribution in [3.63, 3.8) is 0 Å². The van der Waals surface area contributed by atoms with Crippen LogP contribution in [-0.2, 0) is 0 Å². The van der Waals surface area contributed by atoms with E-state index in [4.69, 9.17) is 16.3 Å². The molecular formula is C11H7ClN2O3. The van der Waals surface area contributed by atoms with Crippen molar-refractivity contribution in [1.29, 1.82) is 0 Å². The molecule has 0 fully saturated rings. The van der Waals surface area contributed by atoms with Gasteiger partial charge in [-0.2, -0.15) is 0 Å². The van der Waals surface area contributed by atoms with Crippen molar-refractivity contribution in [2.45, 2.75) is 0 Å². The van der Waals surface area contributed by atoms with Gasteiger partial charge in [0.2, 0.25) is 0 Å². The zero-order valence-electron chi connectivity index (χ0n) is 8.54. The third kappa shape index (κ3) is 2.70. The number of nitrogens with zero attached hydrogens (tertiary/aromatic N) is 2. The molecule has 0 unspecified atom stereocenters. The lowest BCUT2D eigenvalue weighted by atomic mass is 10.3. The van der Waals surface area contributed by atoms with E-state index in [1.54, 1.807) is 24.3 Å². The summed E-state index contributed by atoms with van der Waals surface area (Å²) in [5, 5.41) is 11.0. The van der Waals surface area contributed by atoms with Crippen molar-refractivity contribution >= 4 is 17.3 Å². The molecule has 0 aliphatic rings. The molecule has 6 heteroatoms. The molecule has 17 heavy (non-hydrogen) atoms. The van der Waals surface area contributed by atoms with Gasteiger partial charge in [0.1, 0.15) is 5.75 Å². The van der Waals surface area contributed by atoms with E-state index in [1.807, 2.05) is 6.07 Å². The van der Waals surface area contributed by atoms with Gasteiger partial charge in [-0.1, -0.05) is 29.8 Å². The van der Waals surface area contributed by atoms with Crippen LogP contribution in [0, 0.1) is 10.1 Å². The lowest BCUT2D eigenvalue weighted by molar-refractivity contribution is -0.386. The maximum atomic E-state index is 10.8. The van der Waals surface area contributed by atoms with Gasteiger partial charge in [0.25, 0.3) is 5.88 Å². The molecule has 0 saturated heterocycles. The fourth-order valence-corrected chi connectivity index (χ4v) is 1.38. The Hall–Kier alpha value is -2.14. The van der Waals surface area contributed by atoms with Gasteiger partial charge in [-0.3, -0.25) is 10.1 Å². The first-order chi connectivity index (χ1) is 8.16. The first-order valence-corrected chi connectivity index (χ1v) is 5.07. The maximum absolute atomic E-state index is 10.8. The van der Waals surface area contributed by atoms with Crippen molar-refractivity contribution in [2.24, 2.45) is 0 Å². The Balaban J connectivity index is 2.36. The third-order valence-electron chi connectivity index (χ3n) is 1.95. The van der Waals surface area contributed by atoms with Gasteiger partial charge >= 0.3 is 5.69 Å². The van der Waals surface area contributed by atoms with Crippen LogP contribution in [0.4, 0.5) is 5.69 Å².